The first-order valence-electron chi connectivity index (χ1n) is 8.68. The Morgan fingerprint density at radius 3 is 2.41 bits per heavy atom. The van der Waals surface area contributed by atoms with E-state index in [4.69, 9.17) is 4.74 Å². The van der Waals surface area contributed by atoms with Gasteiger partial charge in [-0.25, -0.2) is 4.68 Å². The maximum absolute atomic E-state index is 13.0. The Balaban J connectivity index is 2.08. The summed E-state index contributed by atoms with van der Waals surface area (Å²) >= 11 is 0. The Hall–Kier alpha value is -3.15. The SMILES string of the molecule is COc1ccc(C(C)(C)C)cc1NC(=O)c1nn(C)c(=O)c2ccccc12. The fourth-order valence-corrected chi connectivity index (χ4v) is 2.92. The molecule has 140 valence electrons. The van der Waals surface area contributed by atoms with Crippen LogP contribution in [0.5, 0.6) is 5.75 Å². The van der Waals surface area contributed by atoms with Crippen LogP contribution >= 0.6 is 0 Å². The lowest BCUT2D eigenvalue weighted by Crippen LogP contribution is -2.25. The van der Waals surface area contributed by atoms with Gasteiger partial charge in [0.05, 0.1) is 18.2 Å². The van der Waals surface area contributed by atoms with Crippen LogP contribution in [0.15, 0.2) is 47.3 Å². The number of ether oxygens (including phenoxy) is 1. The number of fused-ring (bicyclic) bond motifs is 1. The molecule has 27 heavy (non-hydrogen) atoms. The Labute approximate surface area is 157 Å². The molecule has 1 N–H and O–H groups in total. The molecule has 0 unspecified atom stereocenters. The molecule has 0 saturated carbocycles. The number of aromatic nitrogens is 2. The number of hydrogen-bond acceptors (Lipinski definition) is 4. The summed E-state index contributed by atoms with van der Waals surface area (Å²) < 4.78 is 6.57. The Morgan fingerprint density at radius 1 is 1.11 bits per heavy atom. The van der Waals surface area contributed by atoms with E-state index < -0.39 is 5.91 Å². The minimum Gasteiger partial charge on any atom is -0.495 e. The summed E-state index contributed by atoms with van der Waals surface area (Å²) in [6, 6.07) is 12.7. The third-order valence-corrected chi connectivity index (χ3v) is 4.49. The van der Waals surface area contributed by atoms with Crippen LogP contribution in [0.3, 0.4) is 0 Å². The minimum atomic E-state index is -0.397. The second-order valence-electron chi connectivity index (χ2n) is 7.44. The summed E-state index contributed by atoms with van der Waals surface area (Å²) in [6.45, 7) is 6.30. The van der Waals surface area contributed by atoms with Gasteiger partial charge in [0.1, 0.15) is 5.75 Å². The quantitative estimate of drug-likeness (QED) is 0.771. The second-order valence-corrected chi connectivity index (χ2v) is 7.44. The van der Waals surface area contributed by atoms with Gasteiger partial charge in [0.25, 0.3) is 11.5 Å². The molecule has 0 aliphatic heterocycles. The third-order valence-electron chi connectivity index (χ3n) is 4.49. The van der Waals surface area contributed by atoms with E-state index in [2.05, 4.69) is 31.2 Å². The normalized spacial score (nSPS) is 11.4. The number of benzene rings is 2. The van der Waals surface area contributed by atoms with Gasteiger partial charge in [-0.2, -0.15) is 5.10 Å². The number of nitrogens with zero attached hydrogens (tertiary/aromatic N) is 2. The van der Waals surface area contributed by atoms with Crippen molar-refractivity contribution in [2.75, 3.05) is 12.4 Å². The molecular formula is C21H23N3O3. The van der Waals surface area contributed by atoms with Gasteiger partial charge in [0.2, 0.25) is 0 Å². The number of carbonyl (C=O) groups is 1. The monoisotopic (exact) mass is 365 g/mol. The first-order chi connectivity index (χ1) is 12.7. The first kappa shape index (κ1) is 18.6. The Morgan fingerprint density at radius 2 is 1.78 bits per heavy atom. The van der Waals surface area contributed by atoms with Crippen molar-refractivity contribution in [2.45, 2.75) is 26.2 Å². The number of rotatable bonds is 3. The summed E-state index contributed by atoms with van der Waals surface area (Å²) in [6.07, 6.45) is 0. The van der Waals surface area contributed by atoms with E-state index in [0.717, 1.165) is 5.56 Å². The summed E-state index contributed by atoms with van der Waals surface area (Å²) in [5.74, 6) is 0.164. The number of amides is 1. The number of methoxy groups -OCH3 is 1. The van der Waals surface area contributed by atoms with Gasteiger partial charge < -0.3 is 10.1 Å². The lowest BCUT2D eigenvalue weighted by Gasteiger charge is -2.21. The largest absolute Gasteiger partial charge is 0.495 e. The third kappa shape index (κ3) is 3.56. The van der Waals surface area contributed by atoms with Crippen molar-refractivity contribution in [3.8, 4) is 5.75 Å². The molecular weight excluding hydrogens is 342 g/mol. The van der Waals surface area contributed by atoms with E-state index in [9.17, 15) is 9.59 Å². The maximum atomic E-state index is 13.0. The van der Waals surface area contributed by atoms with Gasteiger partial charge >= 0.3 is 0 Å². The van der Waals surface area contributed by atoms with Crippen LogP contribution in [0.1, 0.15) is 36.8 Å². The molecule has 3 rings (SSSR count). The van der Waals surface area contributed by atoms with E-state index in [-0.39, 0.29) is 16.7 Å². The van der Waals surface area contributed by atoms with Crippen molar-refractivity contribution >= 4 is 22.4 Å². The van der Waals surface area contributed by atoms with Gasteiger partial charge in [0.15, 0.2) is 5.69 Å². The van der Waals surface area contributed by atoms with Crippen LogP contribution in [0.25, 0.3) is 10.8 Å². The van der Waals surface area contributed by atoms with Crippen molar-refractivity contribution in [2.24, 2.45) is 7.05 Å². The van der Waals surface area contributed by atoms with E-state index in [1.165, 1.54) is 11.7 Å². The zero-order chi connectivity index (χ0) is 19.8. The molecule has 0 bridgehead atoms. The molecule has 1 heterocycles. The molecule has 1 amide bonds. The smallest absolute Gasteiger partial charge is 0.276 e. The van der Waals surface area contributed by atoms with E-state index in [1.54, 1.807) is 31.4 Å². The van der Waals surface area contributed by atoms with Gasteiger partial charge in [-0.1, -0.05) is 45.0 Å². The zero-order valence-electron chi connectivity index (χ0n) is 16.2. The predicted molar refractivity (Wildman–Crippen MR) is 107 cm³/mol. The zero-order valence-corrected chi connectivity index (χ0v) is 16.2. The fraction of sp³-hybridized carbons (Fsp3) is 0.286. The summed E-state index contributed by atoms with van der Waals surface area (Å²) in [7, 11) is 3.09. The molecule has 0 spiro atoms. The van der Waals surface area contributed by atoms with E-state index >= 15 is 0 Å². The topological polar surface area (TPSA) is 73.2 Å². The van der Waals surface area contributed by atoms with Crippen LogP contribution in [0.4, 0.5) is 5.69 Å². The number of carbonyl (C=O) groups excluding carboxylic acids is 1. The molecule has 3 aromatic rings. The summed E-state index contributed by atoms with van der Waals surface area (Å²) in [5, 5.41) is 8.03. The second kappa shape index (κ2) is 6.87. The molecule has 6 heteroatoms. The van der Waals surface area contributed by atoms with Crippen molar-refractivity contribution in [1.29, 1.82) is 0 Å². The molecule has 6 nitrogen and oxygen atoms in total. The number of nitrogens with one attached hydrogen (secondary N) is 1. The van der Waals surface area contributed by atoms with Crippen LogP contribution in [0, 0.1) is 0 Å². The number of aryl methyl sites for hydroxylation is 1. The van der Waals surface area contributed by atoms with Gasteiger partial charge in [-0.15, -0.1) is 0 Å². The predicted octanol–water partition coefficient (Wildman–Crippen LogP) is 3.49. The van der Waals surface area contributed by atoms with Crippen LogP contribution < -0.4 is 15.6 Å². The molecule has 0 atom stereocenters. The summed E-state index contributed by atoms with van der Waals surface area (Å²) in [5.41, 5.74) is 1.50. The molecule has 0 aliphatic carbocycles. The number of anilines is 1. The van der Waals surface area contributed by atoms with Crippen LogP contribution in [-0.4, -0.2) is 22.8 Å². The van der Waals surface area contributed by atoms with E-state index in [1.807, 2.05) is 18.2 Å². The minimum absolute atomic E-state index is 0.0760. The molecule has 1 aromatic heterocycles. The highest BCUT2D eigenvalue weighted by atomic mass is 16.5. The highest BCUT2D eigenvalue weighted by Crippen LogP contribution is 2.31. The highest BCUT2D eigenvalue weighted by molar-refractivity contribution is 6.11. The van der Waals surface area contributed by atoms with Gasteiger partial charge in [-0.05, 0) is 29.2 Å². The van der Waals surface area contributed by atoms with Crippen molar-refractivity contribution < 1.29 is 9.53 Å². The maximum Gasteiger partial charge on any atom is 0.276 e. The van der Waals surface area contributed by atoms with Crippen molar-refractivity contribution in [1.82, 2.24) is 9.78 Å². The molecule has 0 radical (unpaired) electrons. The standard InChI is InChI=1S/C21H23N3O3/c1-21(2,3)13-10-11-17(27-5)16(12-13)22-19(25)18-14-8-6-7-9-15(14)20(26)24(4)23-18/h6-12H,1-5H3,(H,22,25). The number of hydrogen-bond donors (Lipinski definition) is 1. The fourth-order valence-electron chi connectivity index (χ4n) is 2.92. The van der Waals surface area contributed by atoms with Crippen molar-refractivity contribution in [3.05, 3.63) is 64.1 Å². The van der Waals surface area contributed by atoms with E-state index in [0.29, 0.717) is 22.2 Å². The Bertz CT molecular complexity index is 1080. The Kier molecular flexibility index (Phi) is 4.74. The van der Waals surface area contributed by atoms with Crippen LogP contribution in [-0.2, 0) is 12.5 Å². The lowest BCUT2D eigenvalue weighted by molar-refractivity contribution is 0.102. The van der Waals surface area contributed by atoms with Gasteiger partial charge in [0, 0.05) is 12.4 Å². The van der Waals surface area contributed by atoms with Crippen molar-refractivity contribution in [3.63, 3.8) is 0 Å². The molecule has 0 fully saturated rings. The molecule has 0 aliphatic rings. The average Bonchev–Trinajstić information content (AvgIpc) is 2.63. The van der Waals surface area contributed by atoms with Gasteiger partial charge in [-0.3, -0.25) is 9.59 Å². The summed E-state index contributed by atoms with van der Waals surface area (Å²) in [4.78, 5) is 25.2. The molecule has 2 aromatic carbocycles. The highest BCUT2D eigenvalue weighted by Gasteiger charge is 2.20. The molecule has 0 saturated heterocycles. The average molecular weight is 365 g/mol. The van der Waals surface area contributed by atoms with Crippen LogP contribution in [0.2, 0.25) is 0 Å². The lowest BCUT2D eigenvalue weighted by atomic mass is 9.87. The first-order valence-corrected chi connectivity index (χ1v) is 8.68.